The normalized spacial score (nSPS) is 22.6. The van der Waals surface area contributed by atoms with E-state index in [1.54, 1.807) is 0 Å². The van der Waals surface area contributed by atoms with Crippen LogP contribution in [0.1, 0.15) is 5.56 Å². The van der Waals surface area contributed by atoms with E-state index in [-0.39, 0.29) is 0 Å². The maximum Gasteiger partial charge on any atom is 0.0850 e. The molecular weight excluding hydrogens is 126 g/mol. The average Bonchev–Trinajstić information content (AvgIpc) is 2.74. The van der Waals surface area contributed by atoms with Crippen LogP contribution in [0, 0.1) is 0 Å². The van der Waals surface area contributed by atoms with E-state index < -0.39 is 0 Å². The van der Waals surface area contributed by atoms with Gasteiger partial charge in [0.2, 0.25) is 0 Å². The van der Waals surface area contributed by atoms with Crippen LogP contribution >= 0.6 is 0 Å². The van der Waals surface area contributed by atoms with E-state index in [1.807, 2.05) is 24.5 Å². The van der Waals surface area contributed by atoms with Gasteiger partial charge in [0.05, 0.1) is 12.7 Å². The highest BCUT2D eigenvalue weighted by Gasteiger charge is 2.21. The Balaban J connectivity index is 2.03. The van der Waals surface area contributed by atoms with Gasteiger partial charge in [-0.25, -0.2) is 0 Å². The molecule has 0 aliphatic carbocycles. The highest BCUT2D eigenvalue weighted by atomic mass is 16.6. The van der Waals surface area contributed by atoms with Gasteiger partial charge in [-0.05, 0) is 17.7 Å². The van der Waals surface area contributed by atoms with Crippen molar-refractivity contribution in [3.05, 3.63) is 30.1 Å². The Labute approximate surface area is 59.9 Å². The van der Waals surface area contributed by atoms with E-state index in [2.05, 4.69) is 4.98 Å². The van der Waals surface area contributed by atoms with Gasteiger partial charge in [-0.1, -0.05) is 0 Å². The molecule has 0 spiro atoms. The van der Waals surface area contributed by atoms with Gasteiger partial charge in [0.25, 0.3) is 0 Å². The summed E-state index contributed by atoms with van der Waals surface area (Å²) in [5.74, 6) is 0. The lowest BCUT2D eigenvalue weighted by molar-refractivity contribution is 0.407. The van der Waals surface area contributed by atoms with Crippen LogP contribution in [0.4, 0.5) is 0 Å². The third kappa shape index (κ3) is 1.33. The van der Waals surface area contributed by atoms with Crippen LogP contribution in [-0.2, 0) is 11.2 Å². The molecule has 0 N–H and O–H groups in total. The molecule has 1 fully saturated rings. The summed E-state index contributed by atoms with van der Waals surface area (Å²) in [7, 11) is 0. The molecule has 2 rings (SSSR count). The number of aromatic nitrogens is 1. The SMILES string of the molecule is c1cc(CC2CO2)ccn1. The monoisotopic (exact) mass is 135 g/mol. The van der Waals surface area contributed by atoms with Crippen molar-refractivity contribution in [2.75, 3.05) is 6.61 Å². The van der Waals surface area contributed by atoms with E-state index in [9.17, 15) is 0 Å². The fourth-order valence-electron chi connectivity index (χ4n) is 0.968. The molecule has 1 aromatic rings. The molecule has 10 heavy (non-hydrogen) atoms. The maximum absolute atomic E-state index is 5.09. The maximum atomic E-state index is 5.09. The summed E-state index contributed by atoms with van der Waals surface area (Å²) in [5, 5.41) is 0. The predicted molar refractivity (Wildman–Crippen MR) is 37.7 cm³/mol. The molecule has 1 aromatic heterocycles. The summed E-state index contributed by atoms with van der Waals surface area (Å²) in [5.41, 5.74) is 1.32. The lowest BCUT2D eigenvalue weighted by Gasteiger charge is -1.93. The number of ether oxygens (including phenoxy) is 1. The van der Waals surface area contributed by atoms with Crippen molar-refractivity contribution in [3.63, 3.8) is 0 Å². The first-order valence-corrected chi connectivity index (χ1v) is 3.45. The molecule has 2 nitrogen and oxygen atoms in total. The van der Waals surface area contributed by atoms with Crippen LogP contribution in [0.3, 0.4) is 0 Å². The van der Waals surface area contributed by atoms with Crippen molar-refractivity contribution in [3.8, 4) is 0 Å². The number of rotatable bonds is 2. The second kappa shape index (κ2) is 2.39. The average molecular weight is 135 g/mol. The molecule has 1 saturated heterocycles. The van der Waals surface area contributed by atoms with Gasteiger partial charge in [0, 0.05) is 18.8 Å². The highest BCUT2D eigenvalue weighted by Crippen LogP contribution is 2.14. The third-order valence-electron chi connectivity index (χ3n) is 1.62. The van der Waals surface area contributed by atoms with Gasteiger partial charge in [0.1, 0.15) is 0 Å². The van der Waals surface area contributed by atoms with E-state index in [1.165, 1.54) is 5.56 Å². The Morgan fingerprint density at radius 1 is 1.50 bits per heavy atom. The van der Waals surface area contributed by atoms with Gasteiger partial charge >= 0.3 is 0 Å². The van der Waals surface area contributed by atoms with Crippen LogP contribution in [0.2, 0.25) is 0 Å². The first-order valence-electron chi connectivity index (χ1n) is 3.45. The minimum atomic E-state index is 0.488. The molecule has 52 valence electrons. The summed E-state index contributed by atoms with van der Waals surface area (Å²) >= 11 is 0. The fraction of sp³-hybridized carbons (Fsp3) is 0.375. The van der Waals surface area contributed by atoms with E-state index in [0.717, 1.165) is 13.0 Å². The number of nitrogens with zero attached hydrogens (tertiary/aromatic N) is 1. The van der Waals surface area contributed by atoms with Crippen molar-refractivity contribution >= 4 is 0 Å². The molecule has 1 aliphatic rings. The van der Waals surface area contributed by atoms with Crippen LogP contribution in [0.15, 0.2) is 24.5 Å². The first-order chi connectivity index (χ1) is 4.95. The van der Waals surface area contributed by atoms with E-state index >= 15 is 0 Å². The minimum absolute atomic E-state index is 0.488. The molecule has 0 radical (unpaired) electrons. The smallest absolute Gasteiger partial charge is 0.0850 e. The summed E-state index contributed by atoms with van der Waals surface area (Å²) in [6.07, 6.45) is 5.17. The Kier molecular flexibility index (Phi) is 1.40. The quantitative estimate of drug-likeness (QED) is 0.566. The lowest BCUT2D eigenvalue weighted by Crippen LogP contribution is -1.91. The van der Waals surface area contributed by atoms with Crippen LogP contribution in [0.25, 0.3) is 0 Å². The van der Waals surface area contributed by atoms with Gasteiger partial charge in [0.15, 0.2) is 0 Å². The molecule has 2 heterocycles. The second-order valence-electron chi connectivity index (χ2n) is 2.51. The largest absolute Gasteiger partial charge is 0.373 e. The van der Waals surface area contributed by atoms with Crippen LogP contribution in [-0.4, -0.2) is 17.7 Å². The van der Waals surface area contributed by atoms with Crippen molar-refractivity contribution in [1.29, 1.82) is 0 Å². The molecular formula is C8H9NO. The van der Waals surface area contributed by atoms with Gasteiger partial charge < -0.3 is 4.74 Å². The fourth-order valence-corrected chi connectivity index (χ4v) is 0.968. The van der Waals surface area contributed by atoms with Crippen molar-refractivity contribution < 1.29 is 4.74 Å². The zero-order valence-electron chi connectivity index (χ0n) is 5.66. The summed E-state index contributed by atoms with van der Waals surface area (Å²) in [6.45, 7) is 0.933. The van der Waals surface area contributed by atoms with Gasteiger partial charge in [-0.15, -0.1) is 0 Å². The second-order valence-corrected chi connectivity index (χ2v) is 2.51. The van der Waals surface area contributed by atoms with Crippen LogP contribution < -0.4 is 0 Å². The number of hydrogen-bond acceptors (Lipinski definition) is 2. The Morgan fingerprint density at radius 2 is 2.20 bits per heavy atom. The molecule has 2 heteroatoms. The number of epoxide rings is 1. The standard InChI is InChI=1S/C8H9NO/c1-3-9-4-2-7(1)5-8-6-10-8/h1-4,8H,5-6H2. The van der Waals surface area contributed by atoms with Crippen molar-refractivity contribution in [2.45, 2.75) is 12.5 Å². The Hall–Kier alpha value is -0.890. The zero-order valence-corrected chi connectivity index (χ0v) is 5.66. The van der Waals surface area contributed by atoms with Crippen LogP contribution in [0.5, 0.6) is 0 Å². The Morgan fingerprint density at radius 3 is 2.80 bits per heavy atom. The Bertz CT molecular complexity index is 206. The van der Waals surface area contributed by atoms with E-state index in [4.69, 9.17) is 4.74 Å². The molecule has 1 atom stereocenters. The lowest BCUT2D eigenvalue weighted by atomic mass is 10.2. The van der Waals surface area contributed by atoms with Crippen molar-refractivity contribution in [2.24, 2.45) is 0 Å². The zero-order chi connectivity index (χ0) is 6.81. The molecule has 1 aliphatic heterocycles. The number of hydrogen-bond donors (Lipinski definition) is 0. The summed E-state index contributed by atoms with van der Waals surface area (Å²) in [4.78, 5) is 3.93. The van der Waals surface area contributed by atoms with Gasteiger partial charge in [-0.2, -0.15) is 0 Å². The molecule has 0 saturated carbocycles. The molecule has 1 unspecified atom stereocenters. The topological polar surface area (TPSA) is 25.4 Å². The predicted octanol–water partition coefficient (Wildman–Crippen LogP) is 1.02. The van der Waals surface area contributed by atoms with Gasteiger partial charge in [-0.3, -0.25) is 4.98 Å². The molecule has 0 aromatic carbocycles. The molecule has 0 amide bonds. The minimum Gasteiger partial charge on any atom is -0.373 e. The van der Waals surface area contributed by atoms with E-state index in [0.29, 0.717) is 6.10 Å². The summed E-state index contributed by atoms with van der Waals surface area (Å²) < 4.78 is 5.09. The number of pyridine rings is 1. The molecule has 0 bridgehead atoms. The third-order valence-corrected chi connectivity index (χ3v) is 1.62. The van der Waals surface area contributed by atoms with Crippen molar-refractivity contribution in [1.82, 2.24) is 4.98 Å². The summed E-state index contributed by atoms with van der Waals surface area (Å²) in [6, 6.07) is 4.06. The highest BCUT2D eigenvalue weighted by molar-refractivity contribution is 5.11. The first kappa shape index (κ1) is 5.86.